The van der Waals surface area contributed by atoms with Crippen molar-refractivity contribution < 1.29 is 9.59 Å². The first-order valence-electron chi connectivity index (χ1n) is 11.5. The third kappa shape index (κ3) is 3.65. The second kappa shape index (κ2) is 8.30. The van der Waals surface area contributed by atoms with Crippen molar-refractivity contribution >= 4 is 23.4 Å². The van der Waals surface area contributed by atoms with Crippen molar-refractivity contribution in [3.63, 3.8) is 0 Å². The molecule has 0 bridgehead atoms. The Morgan fingerprint density at radius 3 is 2.26 bits per heavy atom. The Kier molecular flexibility index (Phi) is 5.51. The molecule has 1 aromatic carbocycles. The largest absolute Gasteiger partial charge is 0.338 e. The van der Waals surface area contributed by atoms with Crippen LogP contribution in [-0.2, 0) is 23.2 Å². The normalized spacial score (nSPS) is 20.5. The van der Waals surface area contributed by atoms with E-state index in [2.05, 4.69) is 5.10 Å². The van der Waals surface area contributed by atoms with E-state index < -0.39 is 5.41 Å². The van der Waals surface area contributed by atoms with Crippen molar-refractivity contribution in [1.82, 2.24) is 19.6 Å². The van der Waals surface area contributed by atoms with Gasteiger partial charge in [0, 0.05) is 37.7 Å². The molecule has 1 aromatic heterocycles. The van der Waals surface area contributed by atoms with E-state index in [1.165, 1.54) is 0 Å². The Hall–Kier alpha value is -2.34. The Balaban J connectivity index is 1.28. The number of benzene rings is 1. The summed E-state index contributed by atoms with van der Waals surface area (Å²) in [5.74, 6) is 0.269. The number of hydrogen-bond donors (Lipinski definition) is 0. The fourth-order valence-electron chi connectivity index (χ4n) is 5.56. The Labute approximate surface area is 188 Å². The van der Waals surface area contributed by atoms with Gasteiger partial charge in [0.2, 0.25) is 5.91 Å². The lowest BCUT2D eigenvalue weighted by Gasteiger charge is -2.40. The van der Waals surface area contributed by atoms with E-state index in [0.717, 1.165) is 68.3 Å². The molecule has 2 fully saturated rings. The van der Waals surface area contributed by atoms with E-state index in [9.17, 15) is 9.59 Å². The molecule has 31 heavy (non-hydrogen) atoms. The van der Waals surface area contributed by atoms with Crippen LogP contribution in [-0.4, -0.2) is 57.6 Å². The summed E-state index contributed by atoms with van der Waals surface area (Å²) in [7, 11) is 0. The third-order valence-electron chi connectivity index (χ3n) is 7.33. The molecule has 1 saturated heterocycles. The van der Waals surface area contributed by atoms with Crippen LogP contribution in [0.1, 0.15) is 60.1 Å². The molecular weight excluding hydrogens is 412 g/mol. The van der Waals surface area contributed by atoms with E-state index in [4.69, 9.17) is 11.6 Å². The number of piperazine rings is 1. The van der Waals surface area contributed by atoms with E-state index in [1.54, 1.807) is 6.20 Å². The van der Waals surface area contributed by atoms with Gasteiger partial charge in [0.15, 0.2) is 0 Å². The summed E-state index contributed by atoms with van der Waals surface area (Å²) in [4.78, 5) is 30.7. The molecule has 0 spiro atoms. The third-order valence-corrected chi connectivity index (χ3v) is 7.58. The Morgan fingerprint density at radius 1 is 0.871 bits per heavy atom. The van der Waals surface area contributed by atoms with Gasteiger partial charge in [-0.15, -0.1) is 0 Å². The van der Waals surface area contributed by atoms with Crippen LogP contribution in [0.2, 0.25) is 5.02 Å². The molecule has 5 rings (SSSR count). The first-order valence-corrected chi connectivity index (χ1v) is 11.9. The van der Waals surface area contributed by atoms with Gasteiger partial charge in [-0.3, -0.25) is 14.3 Å². The highest BCUT2D eigenvalue weighted by molar-refractivity contribution is 6.30. The van der Waals surface area contributed by atoms with E-state index in [-0.39, 0.29) is 11.8 Å². The van der Waals surface area contributed by atoms with E-state index in [1.807, 2.05) is 38.7 Å². The number of nitrogens with zero attached hydrogens (tertiary/aromatic N) is 4. The van der Waals surface area contributed by atoms with Crippen LogP contribution in [0.25, 0.3) is 0 Å². The molecule has 2 aliphatic heterocycles. The average Bonchev–Trinajstić information content (AvgIpc) is 3.47. The molecule has 0 atom stereocenters. The van der Waals surface area contributed by atoms with Crippen molar-refractivity contribution in [2.24, 2.45) is 0 Å². The first kappa shape index (κ1) is 20.6. The van der Waals surface area contributed by atoms with Crippen LogP contribution in [0, 0.1) is 0 Å². The topological polar surface area (TPSA) is 58.4 Å². The predicted molar refractivity (Wildman–Crippen MR) is 119 cm³/mol. The Bertz CT molecular complexity index is 970. The molecule has 6 nitrogen and oxygen atoms in total. The molecular formula is C24H29ClN4O2. The van der Waals surface area contributed by atoms with Gasteiger partial charge in [-0.2, -0.15) is 5.10 Å². The van der Waals surface area contributed by atoms with Crippen molar-refractivity contribution in [2.75, 3.05) is 26.2 Å². The zero-order valence-corrected chi connectivity index (χ0v) is 18.6. The lowest BCUT2D eigenvalue weighted by Crippen LogP contribution is -2.55. The second-order valence-corrected chi connectivity index (χ2v) is 9.50. The highest BCUT2D eigenvalue weighted by atomic mass is 35.5. The standard InChI is InChI=1S/C24H29ClN4O2/c25-19-8-6-18(7-9-19)24(10-2-3-11-24)23(31)28-15-13-27(14-16-28)22(30)20-17-26-29-12-4-1-5-21(20)29/h6-9,17H,1-5,10-16H2. The maximum atomic E-state index is 13.7. The molecule has 2 amide bonds. The number of halogens is 1. The van der Waals surface area contributed by atoms with Crippen molar-refractivity contribution in [1.29, 1.82) is 0 Å². The highest BCUT2D eigenvalue weighted by Crippen LogP contribution is 2.43. The summed E-state index contributed by atoms with van der Waals surface area (Å²) >= 11 is 6.09. The van der Waals surface area contributed by atoms with Gasteiger partial charge >= 0.3 is 0 Å². The summed E-state index contributed by atoms with van der Waals surface area (Å²) in [5, 5.41) is 5.11. The monoisotopic (exact) mass is 440 g/mol. The van der Waals surface area contributed by atoms with Crippen LogP contribution >= 0.6 is 11.6 Å². The zero-order chi connectivity index (χ0) is 21.4. The van der Waals surface area contributed by atoms with Crippen LogP contribution in [0.15, 0.2) is 30.5 Å². The van der Waals surface area contributed by atoms with Crippen molar-refractivity contribution in [3.05, 3.63) is 52.3 Å². The SMILES string of the molecule is O=C(c1cnn2c1CCCC2)N1CCN(C(=O)C2(c3ccc(Cl)cc3)CCCC2)CC1. The minimum atomic E-state index is -0.442. The minimum absolute atomic E-state index is 0.0588. The molecule has 2 aromatic rings. The predicted octanol–water partition coefficient (Wildman–Crippen LogP) is 3.67. The van der Waals surface area contributed by atoms with Crippen molar-refractivity contribution in [3.8, 4) is 0 Å². The molecule has 1 aliphatic carbocycles. The number of aryl methyl sites for hydroxylation is 1. The molecule has 0 N–H and O–H groups in total. The average molecular weight is 441 g/mol. The molecule has 7 heteroatoms. The van der Waals surface area contributed by atoms with E-state index >= 15 is 0 Å². The molecule has 3 aliphatic rings. The fourth-order valence-corrected chi connectivity index (χ4v) is 5.68. The molecule has 1 saturated carbocycles. The lowest BCUT2D eigenvalue weighted by molar-refractivity contribution is -0.138. The summed E-state index contributed by atoms with van der Waals surface area (Å²) in [6.07, 6.45) is 8.79. The Morgan fingerprint density at radius 2 is 1.55 bits per heavy atom. The summed E-state index contributed by atoms with van der Waals surface area (Å²) in [5.41, 5.74) is 2.45. The summed E-state index contributed by atoms with van der Waals surface area (Å²) < 4.78 is 1.98. The van der Waals surface area contributed by atoms with Gasteiger partial charge < -0.3 is 9.80 Å². The smallest absolute Gasteiger partial charge is 0.257 e. The molecule has 0 unspecified atom stereocenters. The molecule has 164 valence electrons. The molecule has 0 radical (unpaired) electrons. The van der Waals surface area contributed by atoms with Crippen LogP contribution in [0.5, 0.6) is 0 Å². The highest BCUT2D eigenvalue weighted by Gasteiger charge is 2.45. The zero-order valence-electron chi connectivity index (χ0n) is 17.9. The summed E-state index contributed by atoms with van der Waals surface area (Å²) in [6, 6.07) is 7.78. The number of carbonyl (C=O) groups excluding carboxylic acids is 2. The van der Waals surface area contributed by atoms with Crippen LogP contribution < -0.4 is 0 Å². The number of aromatic nitrogens is 2. The van der Waals surface area contributed by atoms with Gasteiger partial charge in [-0.05, 0) is 49.8 Å². The van der Waals surface area contributed by atoms with Gasteiger partial charge in [-0.1, -0.05) is 36.6 Å². The van der Waals surface area contributed by atoms with Gasteiger partial charge in [0.1, 0.15) is 0 Å². The fraction of sp³-hybridized carbons (Fsp3) is 0.542. The lowest BCUT2D eigenvalue weighted by atomic mass is 9.77. The van der Waals surface area contributed by atoms with Gasteiger partial charge in [-0.25, -0.2) is 0 Å². The van der Waals surface area contributed by atoms with Crippen molar-refractivity contribution in [2.45, 2.75) is 56.9 Å². The van der Waals surface area contributed by atoms with Crippen LogP contribution in [0.3, 0.4) is 0 Å². The van der Waals surface area contributed by atoms with Gasteiger partial charge in [0.05, 0.1) is 22.9 Å². The molecule has 3 heterocycles. The minimum Gasteiger partial charge on any atom is -0.338 e. The van der Waals surface area contributed by atoms with Gasteiger partial charge in [0.25, 0.3) is 5.91 Å². The van der Waals surface area contributed by atoms with Crippen LogP contribution in [0.4, 0.5) is 0 Å². The number of carbonyl (C=O) groups is 2. The summed E-state index contributed by atoms with van der Waals surface area (Å²) in [6.45, 7) is 3.22. The number of rotatable bonds is 3. The first-order chi connectivity index (χ1) is 15.1. The van der Waals surface area contributed by atoms with E-state index in [0.29, 0.717) is 31.2 Å². The number of hydrogen-bond acceptors (Lipinski definition) is 3. The maximum Gasteiger partial charge on any atom is 0.257 e. The quantitative estimate of drug-likeness (QED) is 0.731. The maximum absolute atomic E-state index is 13.7. The number of fused-ring (bicyclic) bond motifs is 1. The second-order valence-electron chi connectivity index (χ2n) is 9.07. The number of amides is 2.